The van der Waals surface area contributed by atoms with E-state index in [1.165, 1.54) is 18.2 Å². The van der Waals surface area contributed by atoms with Gasteiger partial charge in [0.2, 0.25) is 0 Å². The van der Waals surface area contributed by atoms with E-state index in [4.69, 9.17) is 17.3 Å². The third-order valence-corrected chi connectivity index (χ3v) is 3.42. The van der Waals surface area contributed by atoms with E-state index < -0.39 is 11.7 Å². The average molecular weight is 344 g/mol. The summed E-state index contributed by atoms with van der Waals surface area (Å²) >= 11 is 8.89. The quantitative estimate of drug-likeness (QED) is 0.807. The molecule has 2 aromatic carbocycles. The fraction of sp³-hybridized carbons (Fsp3) is 0. The molecule has 0 spiro atoms. The molecule has 98 valence electrons. The van der Waals surface area contributed by atoms with Crippen LogP contribution in [-0.2, 0) is 0 Å². The molecule has 0 aliphatic carbocycles. The molecular formula is C13H9BrClFN2O. The number of nitrogen functional groups attached to an aromatic ring is 1. The Labute approximate surface area is 122 Å². The summed E-state index contributed by atoms with van der Waals surface area (Å²) in [5.74, 6) is -1.14. The second-order valence-electron chi connectivity index (χ2n) is 3.79. The van der Waals surface area contributed by atoms with Crippen molar-refractivity contribution in [2.45, 2.75) is 0 Å². The van der Waals surface area contributed by atoms with Crippen molar-refractivity contribution in [3.63, 3.8) is 0 Å². The van der Waals surface area contributed by atoms with Gasteiger partial charge in [-0.15, -0.1) is 0 Å². The molecule has 0 heterocycles. The van der Waals surface area contributed by atoms with Crippen LogP contribution in [-0.4, -0.2) is 5.91 Å². The number of nitrogens with one attached hydrogen (secondary N) is 1. The Morgan fingerprint density at radius 2 is 2.05 bits per heavy atom. The molecule has 1 amide bonds. The van der Waals surface area contributed by atoms with Gasteiger partial charge in [-0.1, -0.05) is 17.7 Å². The number of carbonyl (C=O) groups excluding carboxylic acids is 1. The number of nitrogens with two attached hydrogens (primary N) is 1. The number of rotatable bonds is 2. The summed E-state index contributed by atoms with van der Waals surface area (Å²) in [6.45, 7) is 0. The van der Waals surface area contributed by atoms with E-state index in [9.17, 15) is 9.18 Å². The lowest BCUT2D eigenvalue weighted by molar-refractivity contribution is 0.102. The van der Waals surface area contributed by atoms with Gasteiger partial charge in [0.15, 0.2) is 5.82 Å². The van der Waals surface area contributed by atoms with Gasteiger partial charge in [-0.3, -0.25) is 4.79 Å². The minimum Gasteiger partial charge on any atom is -0.399 e. The van der Waals surface area contributed by atoms with E-state index in [0.717, 1.165) is 0 Å². The molecule has 0 bridgehead atoms. The van der Waals surface area contributed by atoms with E-state index in [2.05, 4.69) is 21.2 Å². The van der Waals surface area contributed by atoms with Crippen molar-refractivity contribution in [3.8, 4) is 0 Å². The molecule has 0 aromatic heterocycles. The minimum absolute atomic E-state index is 0.0202. The second-order valence-corrected chi connectivity index (χ2v) is 5.06. The summed E-state index contributed by atoms with van der Waals surface area (Å²) in [6, 6.07) is 9.19. The van der Waals surface area contributed by atoms with E-state index in [0.29, 0.717) is 15.7 Å². The second kappa shape index (κ2) is 5.59. The van der Waals surface area contributed by atoms with Crippen molar-refractivity contribution in [1.82, 2.24) is 0 Å². The van der Waals surface area contributed by atoms with Crippen molar-refractivity contribution in [3.05, 3.63) is 57.3 Å². The molecule has 2 aromatic rings. The lowest BCUT2D eigenvalue weighted by atomic mass is 10.2. The van der Waals surface area contributed by atoms with E-state index >= 15 is 0 Å². The van der Waals surface area contributed by atoms with Gasteiger partial charge in [-0.2, -0.15) is 0 Å². The molecule has 0 atom stereocenters. The molecule has 0 saturated heterocycles. The Bertz CT molecular complexity index is 649. The van der Waals surface area contributed by atoms with Crippen LogP contribution < -0.4 is 11.1 Å². The highest BCUT2D eigenvalue weighted by atomic mass is 79.9. The van der Waals surface area contributed by atoms with Gasteiger partial charge in [0, 0.05) is 10.2 Å². The lowest BCUT2D eigenvalue weighted by Crippen LogP contribution is -2.14. The standard InChI is InChI=1S/C13H9BrClFN2O/c14-9-5-4-7(17)6-8(9)13(19)18-11-3-1-2-10(15)12(11)16/h1-6H,17H2,(H,18,19). The maximum absolute atomic E-state index is 13.7. The molecular weight excluding hydrogens is 335 g/mol. The predicted octanol–water partition coefficient (Wildman–Crippen LogP) is 4.08. The molecule has 19 heavy (non-hydrogen) atoms. The molecule has 2 rings (SSSR count). The van der Waals surface area contributed by atoms with E-state index in [1.54, 1.807) is 18.2 Å². The zero-order chi connectivity index (χ0) is 14.0. The van der Waals surface area contributed by atoms with Crippen LogP contribution in [0.3, 0.4) is 0 Å². The first-order chi connectivity index (χ1) is 8.99. The first kappa shape index (κ1) is 13.8. The highest BCUT2D eigenvalue weighted by molar-refractivity contribution is 9.10. The van der Waals surface area contributed by atoms with Gasteiger partial charge in [-0.05, 0) is 46.3 Å². The largest absolute Gasteiger partial charge is 0.399 e. The van der Waals surface area contributed by atoms with Crippen LogP contribution in [0.1, 0.15) is 10.4 Å². The third-order valence-electron chi connectivity index (χ3n) is 2.43. The fourth-order valence-corrected chi connectivity index (χ4v) is 2.11. The maximum Gasteiger partial charge on any atom is 0.256 e. The molecule has 0 saturated carbocycles. The van der Waals surface area contributed by atoms with Crippen LogP contribution in [0, 0.1) is 5.82 Å². The van der Waals surface area contributed by atoms with Crippen LogP contribution >= 0.6 is 27.5 Å². The summed E-state index contributed by atoms with van der Waals surface area (Å²) in [5, 5.41) is 2.40. The number of halogens is 3. The summed E-state index contributed by atoms with van der Waals surface area (Å²) in [5.41, 5.74) is 6.40. The van der Waals surface area contributed by atoms with Gasteiger partial charge >= 0.3 is 0 Å². The zero-order valence-electron chi connectivity index (χ0n) is 9.58. The number of hydrogen-bond acceptors (Lipinski definition) is 2. The number of carbonyl (C=O) groups is 1. The Hall–Kier alpha value is -1.59. The Balaban J connectivity index is 2.31. The molecule has 0 radical (unpaired) electrons. The van der Waals surface area contributed by atoms with Gasteiger partial charge in [-0.25, -0.2) is 4.39 Å². The third kappa shape index (κ3) is 3.05. The highest BCUT2D eigenvalue weighted by Crippen LogP contribution is 2.24. The SMILES string of the molecule is Nc1ccc(Br)c(C(=O)Nc2cccc(Cl)c2F)c1. The average Bonchev–Trinajstić information content (AvgIpc) is 2.38. The smallest absolute Gasteiger partial charge is 0.256 e. The van der Waals surface area contributed by atoms with Crippen LogP contribution in [0.25, 0.3) is 0 Å². The fourth-order valence-electron chi connectivity index (χ4n) is 1.51. The van der Waals surface area contributed by atoms with Crippen molar-refractivity contribution in [2.75, 3.05) is 11.1 Å². The summed E-state index contributed by atoms with van der Waals surface area (Å²) in [6.07, 6.45) is 0. The summed E-state index contributed by atoms with van der Waals surface area (Å²) in [7, 11) is 0. The van der Waals surface area contributed by atoms with Crippen molar-refractivity contribution in [2.24, 2.45) is 0 Å². The van der Waals surface area contributed by atoms with Crippen molar-refractivity contribution in [1.29, 1.82) is 0 Å². The molecule has 3 nitrogen and oxygen atoms in total. The first-order valence-electron chi connectivity index (χ1n) is 5.29. The van der Waals surface area contributed by atoms with Crippen LogP contribution in [0.4, 0.5) is 15.8 Å². The minimum atomic E-state index is -0.669. The molecule has 0 unspecified atom stereocenters. The van der Waals surface area contributed by atoms with Gasteiger partial charge in [0.05, 0.1) is 16.3 Å². The van der Waals surface area contributed by atoms with E-state index in [1.807, 2.05) is 0 Å². The first-order valence-corrected chi connectivity index (χ1v) is 6.46. The van der Waals surface area contributed by atoms with Crippen LogP contribution in [0.15, 0.2) is 40.9 Å². The number of hydrogen-bond donors (Lipinski definition) is 2. The Kier molecular flexibility index (Phi) is 4.07. The molecule has 0 fully saturated rings. The number of anilines is 2. The van der Waals surface area contributed by atoms with Gasteiger partial charge in [0.25, 0.3) is 5.91 Å². The maximum atomic E-state index is 13.7. The Morgan fingerprint density at radius 1 is 1.32 bits per heavy atom. The predicted molar refractivity (Wildman–Crippen MR) is 77.9 cm³/mol. The van der Waals surface area contributed by atoms with Gasteiger partial charge in [0.1, 0.15) is 0 Å². The number of benzene rings is 2. The summed E-state index contributed by atoms with van der Waals surface area (Å²) < 4.78 is 14.2. The molecule has 3 N–H and O–H groups in total. The Morgan fingerprint density at radius 3 is 2.79 bits per heavy atom. The van der Waals surface area contributed by atoms with Crippen LogP contribution in [0.5, 0.6) is 0 Å². The number of amides is 1. The van der Waals surface area contributed by atoms with Crippen molar-refractivity contribution < 1.29 is 9.18 Å². The monoisotopic (exact) mass is 342 g/mol. The molecule has 6 heteroatoms. The van der Waals surface area contributed by atoms with Crippen LogP contribution in [0.2, 0.25) is 5.02 Å². The van der Waals surface area contributed by atoms with Crippen molar-refractivity contribution >= 4 is 44.8 Å². The molecule has 0 aliphatic rings. The normalized spacial score (nSPS) is 10.3. The molecule has 0 aliphatic heterocycles. The lowest BCUT2D eigenvalue weighted by Gasteiger charge is -2.09. The van der Waals surface area contributed by atoms with Gasteiger partial charge < -0.3 is 11.1 Å². The summed E-state index contributed by atoms with van der Waals surface area (Å²) in [4.78, 5) is 12.0. The zero-order valence-corrected chi connectivity index (χ0v) is 11.9. The van der Waals surface area contributed by atoms with E-state index in [-0.39, 0.29) is 10.7 Å². The highest BCUT2D eigenvalue weighted by Gasteiger charge is 2.14. The topological polar surface area (TPSA) is 55.1 Å².